The van der Waals surface area contributed by atoms with Crippen LogP contribution in [0.25, 0.3) is 0 Å². The molecule has 18 heavy (non-hydrogen) atoms. The fourth-order valence-corrected chi connectivity index (χ4v) is 2.85. The van der Waals surface area contributed by atoms with Gasteiger partial charge in [-0.25, -0.2) is 0 Å². The van der Waals surface area contributed by atoms with Crippen LogP contribution in [0.4, 0.5) is 0 Å². The first-order valence-electron chi connectivity index (χ1n) is 8.26. The average Bonchev–Trinajstić information content (AvgIpc) is 2.57. The molecule has 1 fully saturated rings. The number of rotatable bonds is 9. The highest BCUT2D eigenvalue weighted by Crippen LogP contribution is 2.10. The predicted octanol–water partition coefficient (Wildman–Crippen LogP) is 3.67. The summed E-state index contributed by atoms with van der Waals surface area (Å²) in [6, 6.07) is 0. The van der Waals surface area contributed by atoms with E-state index in [2.05, 4.69) is 24.1 Å². The summed E-state index contributed by atoms with van der Waals surface area (Å²) in [6.45, 7) is 10.9. The maximum atomic E-state index is 3.52. The van der Waals surface area contributed by atoms with Gasteiger partial charge in [-0.3, -0.25) is 0 Å². The monoisotopic (exact) mass is 254 g/mol. The maximum Gasteiger partial charge on any atom is 0.0107 e. The molecule has 1 saturated heterocycles. The SMILES string of the molecule is CCCCCCCCCCN1CCNCC(C)C1. The van der Waals surface area contributed by atoms with Crippen molar-refractivity contribution in [2.45, 2.75) is 65.2 Å². The van der Waals surface area contributed by atoms with Gasteiger partial charge in [-0.05, 0) is 25.4 Å². The van der Waals surface area contributed by atoms with E-state index in [4.69, 9.17) is 0 Å². The van der Waals surface area contributed by atoms with Gasteiger partial charge in [0.05, 0.1) is 0 Å². The summed E-state index contributed by atoms with van der Waals surface area (Å²) in [5, 5.41) is 3.52. The molecule has 0 bridgehead atoms. The molecular formula is C16H34N2. The van der Waals surface area contributed by atoms with Crippen LogP contribution in [0.5, 0.6) is 0 Å². The highest BCUT2D eigenvalue weighted by Gasteiger charge is 2.13. The van der Waals surface area contributed by atoms with Crippen LogP contribution < -0.4 is 5.32 Å². The minimum Gasteiger partial charge on any atom is -0.315 e. The first kappa shape index (κ1) is 16.0. The molecule has 1 N–H and O–H groups in total. The molecule has 2 heteroatoms. The Balaban J connectivity index is 1.90. The molecule has 1 rings (SSSR count). The van der Waals surface area contributed by atoms with E-state index < -0.39 is 0 Å². The van der Waals surface area contributed by atoms with E-state index in [-0.39, 0.29) is 0 Å². The van der Waals surface area contributed by atoms with Crippen LogP contribution in [-0.4, -0.2) is 37.6 Å². The Bertz CT molecular complexity index is 182. The van der Waals surface area contributed by atoms with Crippen LogP contribution in [0.1, 0.15) is 65.2 Å². The largest absolute Gasteiger partial charge is 0.315 e. The van der Waals surface area contributed by atoms with Crippen molar-refractivity contribution in [3.63, 3.8) is 0 Å². The average molecular weight is 254 g/mol. The third kappa shape index (κ3) is 8.10. The van der Waals surface area contributed by atoms with Gasteiger partial charge in [-0.15, -0.1) is 0 Å². The van der Waals surface area contributed by atoms with Gasteiger partial charge < -0.3 is 10.2 Å². The summed E-state index contributed by atoms with van der Waals surface area (Å²) >= 11 is 0. The van der Waals surface area contributed by atoms with Crippen molar-refractivity contribution >= 4 is 0 Å². The van der Waals surface area contributed by atoms with Crippen molar-refractivity contribution < 1.29 is 0 Å². The summed E-state index contributed by atoms with van der Waals surface area (Å²) in [4.78, 5) is 2.65. The zero-order valence-corrected chi connectivity index (χ0v) is 12.7. The minimum absolute atomic E-state index is 0.821. The molecule has 0 radical (unpaired) electrons. The Morgan fingerprint density at radius 1 is 1.00 bits per heavy atom. The van der Waals surface area contributed by atoms with E-state index >= 15 is 0 Å². The molecule has 1 heterocycles. The Morgan fingerprint density at radius 3 is 2.39 bits per heavy atom. The van der Waals surface area contributed by atoms with Crippen molar-refractivity contribution in [1.82, 2.24) is 10.2 Å². The topological polar surface area (TPSA) is 15.3 Å². The van der Waals surface area contributed by atoms with E-state index in [1.54, 1.807) is 0 Å². The molecule has 1 atom stereocenters. The van der Waals surface area contributed by atoms with Gasteiger partial charge in [-0.1, -0.05) is 58.8 Å². The van der Waals surface area contributed by atoms with Crippen LogP contribution >= 0.6 is 0 Å². The summed E-state index contributed by atoms with van der Waals surface area (Å²) in [5.74, 6) is 0.821. The van der Waals surface area contributed by atoms with E-state index in [9.17, 15) is 0 Å². The van der Waals surface area contributed by atoms with E-state index in [0.717, 1.165) is 5.92 Å². The third-order valence-corrected chi connectivity index (χ3v) is 4.00. The second-order valence-corrected chi connectivity index (χ2v) is 6.08. The van der Waals surface area contributed by atoms with Gasteiger partial charge in [0.25, 0.3) is 0 Å². The van der Waals surface area contributed by atoms with Gasteiger partial charge in [0.1, 0.15) is 0 Å². The lowest BCUT2D eigenvalue weighted by Crippen LogP contribution is -2.30. The number of nitrogens with zero attached hydrogens (tertiary/aromatic N) is 1. The lowest BCUT2D eigenvalue weighted by molar-refractivity contribution is 0.258. The molecule has 2 nitrogen and oxygen atoms in total. The molecule has 1 unspecified atom stereocenters. The summed E-state index contributed by atoms with van der Waals surface area (Å²) in [7, 11) is 0. The molecule has 0 aromatic carbocycles. The normalized spacial score (nSPS) is 22.0. The van der Waals surface area contributed by atoms with E-state index in [0.29, 0.717) is 0 Å². The Morgan fingerprint density at radius 2 is 1.67 bits per heavy atom. The van der Waals surface area contributed by atoms with Crippen LogP contribution in [0.2, 0.25) is 0 Å². The molecule has 108 valence electrons. The smallest absolute Gasteiger partial charge is 0.0107 e. The molecular weight excluding hydrogens is 220 g/mol. The highest BCUT2D eigenvalue weighted by molar-refractivity contribution is 4.70. The molecule has 0 amide bonds. The zero-order valence-electron chi connectivity index (χ0n) is 12.7. The van der Waals surface area contributed by atoms with Gasteiger partial charge in [-0.2, -0.15) is 0 Å². The maximum absolute atomic E-state index is 3.52. The third-order valence-electron chi connectivity index (χ3n) is 4.00. The van der Waals surface area contributed by atoms with Crippen LogP contribution in [0.15, 0.2) is 0 Å². The second kappa shape index (κ2) is 10.8. The first-order valence-corrected chi connectivity index (χ1v) is 8.26. The fourth-order valence-electron chi connectivity index (χ4n) is 2.85. The number of unbranched alkanes of at least 4 members (excludes halogenated alkanes) is 7. The molecule has 0 aromatic rings. The molecule has 1 aliphatic rings. The van der Waals surface area contributed by atoms with Crippen molar-refractivity contribution in [3.05, 3.63) is 0 Å². The lowest BCUT2D eigenvalue weighted by atomic mass is 10.1. The van der Waals surface area contributed by atoms with Crippen molar-refractivity contribution in [1.29, 1.82) is 0 Å². The van der Waals surface area contributed by atoms with Crippen molar-refractivity contribution in [3.8, 4) is 0 Å². The lowest BCUT2D eigenvalue weighted by Gasteiger charge is -2.21. The summed E-state index contributed by atoms with van der Waals surface area (Å²) < 4.78 is 0. The Kier molecular flexibility index (Phi) is 9.59. The number of hydrogen-bond acceptors (Lipinski definition) is 2. The minimum atomic E-state index is 0.821. The standard InChI is InChI=1S/C16H34N2/c1-3-4-5-6-7-8-9-10-12-18-13-11-17-14-16(2)15-18/h16-17H,3-15H2,1-2H3. The first-order chi connectivity index (χ1) is 8.83. The molecule has 1 aliphatic heterocycles. The van der Waals surface area contributed by atoms with Crippen molar-refractivity contribution in [2.75, 3.05) is 32.7 Å². The molecule has 0 aliphatic carbocycles. The van der Waals surface area contributed by atoms with Crippen LogP contribution in [-0.2, 0) is 0 Å². The highest BCUT2D eigenvalue weighted by atomic mass is 15.2. The molecule has 0 aromatic heterocycles. The van der Waals surface area contributed by atoms with E-state index in [1.165, 1.54) is 84.1 Å². The quantitative estimate of drug-likeness (QED) is 0.632. The number of nitrogens with one attached hydrogen (secondary N) is 1. The second-order valence-electron chi connectivity index (χ2n) is 6.08. The number of hydrogen-bond donors (Lipinski definition) is 1. The zero-order chi connectivity index (χ0) is 13.1. The van der Waals surface area contributed by atoms with Gasteiger partial charge in [0.2, 0.25) is 0 Å². The molecule has 0 spiro atoms. The van der Waals surface area contributed by atoms with E-state index in [1.807, 2.05) is 0 Å². The van der Waals surface area contributed by atoms with Crippen LogP contribution in [0.3, 0.4) is 0 Å². The summed E-state index contributed by atoms with van der Waals surface area (Å²) in [6.07, 6.45) is 11.4. The van der Waals surface area contributed by atoms with Gasteiger partial charge >= 0.3 is 0 Å². The predicted molar refractivity (Wildman–Crippen MR) is 81.1 cm³/mol. The van der Waals surface area contributed by atoms with Gasteiger partial charge in [0.15, 0.2) is 0 Å². The summed E-state index contributed by atoms with van der Waals surface area (Å²) in [5.41, 5.74) is 0. The Labute approximate surface area is 115 Å². The Hall–Kier alpha value is -0.0800. The van der Waals surface area contributed by atoms with Gasteiger partial charge in [0, 0.05) is 19.6 Å². The van der Waals surface area contributed by atoms with Crippen molar-refractivity contribution in [2.24, 2.45) is 5.92 Å². The van der Waals surface area contributed by atoms with Crippen LogP contribution in [0, 0.1) is 5.92 Å². The molecule has 0 saturated carbocycles. The fraction of sp³-hybridized carbons (Fsp3) is 1.00.